The molecular weight excluding hydrogens is 322 g/mol. The van der Waals surface area contributed by atoms with Crippen LogP contribution in [0.5, 0.6) is 11.5 Å². The summed E-state index contributed by atoms with van der Waals surface area (Å²) in [5.74, 6) is 1.46. The van der Waals surface area contributed by atoms with Crippen LogP contribution < -0.4 is 14.8 Å². The quantitative estimate of drug-likeness (QED) is 0.788. The van der Waals surface area contributed by atoms with E-state index in [0.29, 0.717) is 35.1 Å². The molecule has 7 heteroatoms. The first-order valence-corrected chi connectivity index (χ1v) is 8.06. The standard InChI is InChI=1S/C18H21N3O4/c1-4-5-6-15(18(22)20-17-9-12(2)25-21-17)24-14-8-7-13(11-19)10-16(14)23-3/h7-10,15H,4-6H2,1-3H3,(H,20,21,22)/t15-/m1/s1. The maximum absolute atomic E-state index is 12.5. The molecule has 1 aromatic carbocycles. The van der Waals surface area contributed by atoms with Crippen LogP contribution in [-0.2, 0) is 4.79 Å². The van der Waals surface area contributed by atoms with Crippen LogP contribution in [0.4, 0.5) is 5.82 Å². The number of carbonyl (C=O) groups is 1. The molecule has 0 spiro atoms. The molecule has 1 heterocycles. The second kappa shape index (κ2) is 8.73. The molecule has 0 fully saturated rings. The van der Waals surface area contributed by atoms with E-state index in [9.17, 15) is 4.79 Å². The van der Waals surface area contributed by atoms with Gasteiger partial charge in [0, 0.05) is 12.1 Å². The summed E-state index contributed by atoms with van der Waals surface area (Å²) in [6.07, 6.45) is 1.59. The fraction of sp³-hybridized carbons (Fsp3) is 0.389. The average Bonchev–Trinajstić information content (AvgIpc) is 3.03. The minimum atomic E-state index is -0.709. The number of benzene rings is 1. The number of hydrogen-bond donors (Lipinski definition) is 1. The maximum atomic E-state index is 12.5. The number of carbonyl (C=O) groups excluding carboxylic acids is 1. The number of methoxy groups -OCH3 is 1. The van der Waals surface area contributed by atoms with Crippen molar-refractivity contribution in [3.8, 4) is 17.6 Å². The fourth-order valence-electron chi connectivity index (χ4n) is 2.25. The second-order valence-corrected chi connectivity index (χ2v) is 5.54. The largest absolute Gasteiger partial charge is 0.493 e. The zero-order chi connectivity index (χ0) is 18.2. The third-order valence-electron chi connectivity index (χ3n) is 3.55. The zero-order valence-corrected chi connectivity index (χ0v) is 14.5. The Morgan fingerprint density at radius 1 is 1.40 bits per heavy atom. The molecule has 1 amide bonds. The first kappa shape index (κ1) is 18.3. The highest BCUT2D eigenvalue weighted by Crippen LogP contribution is 2.29. The summed E-state index contributed by atoms with van der Waals surface area (Å²) in [7, 11) is 1.49. The Labute approximate surface area is 146 Å². The predicted molar refractivity (Wildman–Crippen MR) is 91.5 cm³/mol. The van der Waals surface area contributed by atoms with Crippen molar-refractivity contribution in [3.05, 3.63) is 35.6 Å². The van der Waals surface area contributed by atoms with Gasteiger partial charge in [-0.15, -0.1) is 0 Å². The lowest BCUT2D eigenvalue weighted by molar-refractivity contribution is -0.123. The van der Waals surface area contributed by atoms with Gasteiger partial charge in [-0.2, -0.15) is 5.26 Å². The van der Waals surface area contributed by atoms with E-state index >= 15 is 0 Å². The van der Waals surface area contributed by atoms with Gasteiger partial charge in [0.2, 0.25) is 0 Å². The molecule has 0 bridgehead atoms. The molecule has 2 aromatic rings. The van der Waals surface area contributed by atoms with Crippen molar-refractivity contribution >= 4 is 11.7 Å². The topological polar surface area (TPSA) is 97.4 Å². The Morgan fingerprint density at radius 3 is 2.80 bits per heavy atom. The third-order valence-corrected chi connectivity index (χ3v) is 3.55. The van der Waals surface area contributed by atoms with Crippen LogP contribution in [0.3, 0.4) is 0 Å². The summed E-state index contributed by atoms with van der Waals surface area (Å²) < 4.78 is 16.1. The highest BCUT2D eigenvalue weighted by Gasteiger charge is 2.23. The highest BCUT2D eigenvalue weighted by atomic mass is 16.5. The van der Waals surface area contributed by atoms with Crippen molar-refractivity contribution in [3.63, 3.8) is 0 Å². The molecule has 0 aliphatic carbocycles. The van der Waals surface area contributed by atoms with Gasteiger partial charge in [0.25, 0.3) is 5.91 Å². The van der Waals surface area contributed by atoms with Crippen LogP contribution in [0.15, 0.2) is 28.8 Å². The van der Waals surface area contributed by atoms with E-state index in [-0.39, 0.29) is 5.91 Å². The van der Waals surface area contributed by atoms with E-state index in [1.165, 1.54) is 7.11 Å². The second-order valence-electron chi connectivity index (χ2n) is 5.54. The smallest absolute Gasteiger partial charge is 0.266 e. The van der Waals surface area contributed by atoms with Gasteiger partial charge in [-0.3, -0.25) is 4.79 Å². The van der Waals surface area contributed by atoms with Crippen LogP contribution in [0.2, 0.25) is 0 Å². The minimum Gasteiger partial charge on any atom is -0.493 e. The molecule has 132 valence electrons. The van der Waals surface area contributed by atoms with Crippen molar-refractivity contribution in [1.82, 2.24) is 5.16 Å². The lowest BCUT2D eigenvalue weighted by atomic mass is 10.1. The van der Waals surface area contributed by atoms with Gasteiger partial charge in [-0.25, -0.2) is 0 Å². The summed E-state index contributed by atoms with van der Waals surface area (Å²) in [6, 6.07) is 8.50. The molecule has 0 saturated heterocycles. The molecule has 1 aromatic heterocycles. The number of unbranched alkanes of at least 4 members (excludes halogenated alkanes) is 1. The van der Waals surface area contributed by atoms with Crippen LogP contribution in [0.1, 0.15) is 37.5 Å². The lowest BCUT2D eigenvalue weighted by Gasteiger charge is -2.19. The summed E-state index contributed by atoms with van der Waals surface area (Å²) in [5, 5.41) is 15.4. The van der Waals surface area contributed by atoms with Gasteiger partial charge in [-0.1, -0.05) is 18.5 Å². The predicted octanol–water partition coefficient (Wildman–Crippen LogP) is 3.44. The number of amides is 1. The zero-order valence-electron chi connectivity index (χ0n) is 14.5. The minimum absolute atomic E-state index is 0.312. The first-order valence-electron chi connectivity index (χ1n) is 8.06. The van der Waals surface area contributed by atoms with Gasteiger partial charge in [0.1, 0.15) is 5.76 Å². The van der Waals surface area contributed by atoms with E-state index in [2.05, 4.69) is 10.5 Å². The Balaban J connectivity index is 2.16. The molecule has 2 rings (SSSR count). The van der Waals surface area contributed by atoms with E-state index in [4.69, 9.17) is 19.3 Å². The van der Waals surface area contributed by atoms with Gasteiger partial charge < -0.3 is 19.3 Å². The number of aryl methyl sites for hydroxylation is 1. The van der Waals surface area contributed by atoms with Crippen LogP contribution in [0, 0.1) is 18.3 Å². The number of ether oxygens (including phenoxy) is 2. The first-order chi connectivity index (χ1) is 12.1. The molecular formula is C18H21N3O4. The maximum Gasteiger partial charge on any atom is 0.266 e. The van der Waals surface area contributed by atoms with Crippen molar-refractivity contribution in [2.75, 3.05) is 12.4 Å². The monoisotopic (exact) mass is 343 g/mol. The van der Waals surface area contributed by atoms with E-state index < -0.39 is 6.10 Å². The summed E-state index contributed by atoms with van der Waals surface area (Å²) in [5.41, 5.74) is 0.455. The number of nitrogens with zero attached hydrogens (tertiary/aromatic N) is 2. The van der Waals surface area contributed by atoms with E-state index in [1.54, 1.807) is 31.2 Å². The Hall–Kier alpha value is -3.01. The molecule has 1 N–H and O–H groups in total. The average molecular weight is 343 g/mol. The van der Waals surface area contributed by atoms with Crippen molar-refractivity contribution in [2.45, 2.75) is 39.2 Å². The Bertz CT molecular complexity index is 764. The molecule has 0 aliphatic rings. The number of rotatable bonds is 8. The van der Waals surface area contributed by atoms with Gasteiger partial charge >= 0.3 is 0 Å². The summed E-state index contributed by atoms with van der Waals surface area (Å²) in [4.78, 5) is 12.5. The van der Waals surface area contributed by atoms with Crippen LogP contribution in [0.25, 0.3) is 0 Å². The molecule has 7 nitrogen and oxygen atoms in total. The lowest BCUT2D eigenvalue weighted by Crippen LogP contribution is -2.33. The van der Waals surface area contributed by atoms with E-state index in [1.807, 2.05) is 13.0 Å². The van der Waals surface area contributed by atoms with Crippen molar-refractivity contribution < 1.29 is 18.8 Å². The number of aromatic nitrogens is 1. The van der Waals surface area contributed by atoms with Crippen LogP contribution in [-0.4, -0.2) is 24.3 Å². The number of nitriles is 1. The van der Waals surface area contributed by atoms with Crippen molar-refractivity contribution in [1.29, 1.82) is 5.26 Å². The number of hydrogen-bond acceptors (Lipinski definition) is 6. The number of nitrogens with one attached hydrogen (secondary N) is 1. The molecule has 0 saturated carbocycles. The Kier molecular flexibility index (Phi) is 6.40. The summed E-state index contributed by atoms with van der Waals surface area (Å²) >= 11 is 0. The van der Waals surface area contributed by atoms with Crippen LogP contribution >= 0.6 is 0 Å². The fourth-order valence-corrected chi connectivity index (χ4v) is 2.25. The SMILES string of the molecule is CCCC[C@@H](Oc1ccc(C#N)cc1OC)C(=O)Nc1cc(C)on1. The number of anilines is 1. The molecule has 1 atom stereocenters. The molecule has 0 radical (unpaired) electrons. The third kappa shape index (κ3) is 4.98. The molecule has 25 heavy (non-hydrogen) atoms. The Morgan fingerprint density at radius 2 is 2.20 bits per heavy atom. The summed E-state index contributed by atoms with van der Waals surface area (Å²) in [6.45, 7) is 3.79. The van der Waals surface area contributed by atoms with Gasteiger partial charge in [0.15, 0.2) is 23.4 Å². The molecule has 0 unspecified atom stereocenters. The molecule has 0 aliphatic heterocycles. The van der Waals surface area contributed by atoms with E-state index in [0.717, 1.165) is 12.8 Å². The van der Waals surface area contributed by atoms with Gasteiger partial charge in [-0.05, 0) is 31.9 Å². The van der Waals surface area contributed by atoms with Crippen molar-refractivity contribution in [2.24, 2.45) is 0 Å². The highest BCUT2D eigenvalue weighted by molar-refractivity contribution is 5.93. The normalized spacial score (nSPS) is 11.4. The van der Waals surface area contributed by atoms with Gasteiger partial charge in [0.05, 0.1) is 18.7 Å².